The third-order valence-electron chi connectivity index (χ3n) is 2.85. The zero-order chi connectivity index (χ0) is 14.9. The minimum absolute atomic E-state index is 0.109. The summed E-state index contributed by atoms with van der Waals surface area (Å²) in [6, 6.07) is 11.6. The molecule has 21 heavy (non-hydrogen) atoms. The second-order valence-electron chi connectivity index (χ2n) is 4.30. The first-order chi connectivity index (χ1) is 10.1. The summed E-state index contributed by atoms with van der Waals surface area (Å²) in [6.07, 6.45) is 2.93. The quantitative estimate of drug-likeness (QED) is 0.805. The Balaban J connectivity index is 2.06. The van der Waals surface area contributed by atoms with E-state index in [1.165, 1.54) is 18.3 Å². The van der Waals surface area contributed by atoms with Crippen LogP contribution < -0.4 is 4.72 Å². The predicted octanol–water partition coefficient (Wildman–Crippen LogP) is 3.08. The van der Waals surface area contributed by atoms with E-state index < -0.39 is 10.0 Å². The van der Waals surface area contributed by atoms with Gasteiger partial charge in [0.2, 0.25) is 0 Å². The van der Waals surface area contributed by atoms with Gasteiger partial charge in [-0.2, -0.15) is 0 Å². The molecule has 0 saturated carbocycles. The first kappa shape index (κ1) is 13.8. The Labute approximate surface area is 126 Å². The highest BCUT2D eigenvalue weighted by molar-refractivity contribution is 7.93. The molecule has 0 amide bonds. The van der Waals surface area contributed by atoms with Gasteiger partial charge in [-0.25, -0.2) is 13.4 Å². The number of hydrogen-bond acceptors (Lipinski definition) is 4. The highest BCUT2D eigenvalue weighted by atomic mass is 35.5. The van der Waals surface area contributed by atoms with Gasteiger partial charge in [-0.3, -0.25) is 9.71 Å². The molecule has 0 unspecified atom stereocenters. The van der Waals surface area contributed by atoms with Crippen LogP contribution in [0.15, 0.2) is 59.8 Å². The molecule has 3 rings (SSSR count). The second kappa shape index (κ2) is 5.31. The fraction of sp³-hybridized carbons (Fsp3) is 0. The standard InChI is InChI=1S/C14H10ClN3O2S/c15-11-6-7-13(17-9-11)18-21(19,20)12-5-1-3-10-4-2-8-16-14(10)12/h1-9H,(H,17,18). The van der Waals surface area contributed by atoms with Crippen molar-refractivity contribution in [2.24, 2.45) is 0 Å². The predicted molar refractivity (Wildman–Crippen MR) is 81.8 cm³/mol. The molecule has 0 aliphatic heterocycles. The van der Waals surface area contributed by atoms with Crippen LogP contribution in [-0.4, -0.2) is 18.4 Å². The van der Waals surface area contributed by atoms with Gasteiger partial charge in [0.25, 0.3) is 10.0 Å². The Morgan fingerprint density at radius 2 is 1.81 bits per heavy atom. The van der Waals surface area contributed by atoms with Gasteiger partial charge in [-0.05, 0) is 24.3 Å². The Morgan fingerprint density at radius 3 is 2.57 bits per heavy atom. The van der Waals surface area contributed by atoms with Gasteiger partial charge in [-0.1, -0.05) is 29.8 Å². The number of fused-ring (bicyclic) bond motifs is 1. The van der Waals surface area contributed by atoms with Gasteiger partial charge < -0.3 is 0 Å². The molecular weight excluding hydrogens is 310 g/mol. The lowest BCUT2D eigenvalue weighted by molar-refractivity contribution is 0.601. The number of halogens is 1. The van der Waals surface area contributed by atoms with E-state index in [1.807, 2.05) is 12.1 Å². The fourth-order valence-corrected chi connectivity index (χ4v) is 3.22. The molecule has 0 fully saturated rings. The SMILES string of the molecule is O=S(=O)(Nc1ccc(Cl)cn1)c1cccc2cccnc12. The monoisotopic (exact) mass is 319 g/mol. The minimum atomic E-state index is -3.77. The van der Waals surface area contributed by atoms with Crippen LogP contribution in [0.3, 0.4) is 0 Å². The maximum Gasteiger partial charge on any atom is 0.265 e. The number of hydrogen-bond donors (Lipinski definition) is 1. The first-order valence-corrected chi connectivity index (χ1v) is 7.90. The van der Waals surface area contributed by atoms with Crippen LogP contribution in [-0.2, 0) is 10.0 Å². The highest BCUT2D eigenvalue weighted by Crippen LogP contribution is 2.22. The number of benzene rings is 1. The Morgan fingerprint density at radius 1 is 1.00 bits per heavy atom. The smallest absolute Gasteiger partial charge is 0.263 e. The van der Waals surface area contributed by atoms with Gasteiger partial charge in [0.1, 0.15) is 10.7 Å². The maximum atomic E-state index is 12.5. The van der Waals surface area contributed by atoms with Gasteiger partial charge in [0, 0.05) is 17.8 Å². The minimum Gasteiger partial charge on any atom is -0.263 e. The third-order valence-corrected chi connectivity index (χ3v) is 4.46. The van der Waals surface area contributed by atoms with Crippen molar-refractivity contribution in [3.8, 4) is 0 Å². The number of para-hydroxylation sites is 1. The van der Waals surface area contributed by atoms with E-state index in [4.69, 9.17) is 11.6 Å². The van der Waals surface area contributed by atoms with Crippen molar-refractivity contribution in [3.05, 3.63) is 59.9 Å². The van der Waals surface area contributed by atoms with Crippen LogP contribution in [0, 0.1) is 0 Å². The lowest BCUT2D eigenvalue weighted by Gasteiger charge is -2.09. The average Bonchev–Trinajstić information content (AvgIpc) is 2.49. The number of nitrogens with one attached hydrogen (secondary N) is 1. The number of nitrogens with zero attached hydrogens (tertiary/aromatic N) is 2. The molecule has 106 valence electrons. The molecule has 0 aliphatic rings. The second-order valence-corrected chi connectivity index (χ2v) is 6.39. The van der Waals surface area contributed by atoms with Gasteiger partial charge in [0.15, 0.2) is 0 Å². The van der Waals surface area contributed by atoms with E-state index in [9.17, 15) is 8.42 Å². The van der Waals surface area contributed by atoms with Gasteiger partial charge in [-0.15, -0.1) is 0 Å². The molecule has 7 heteroatoms. The molecule has 0 aliphatic carbocycles. The lowest BCUT2D eigenvalue weighted by atomic mass is 10.2. The molecule has 2 heterocycles. The summed E-state index contributed by atoms with van der Waals surface area (Å²) in [5.41, 5.74) is 0.418. The van der Waals surface area contributed by atoms with Crippen molar-refractivity contribution in [1.82, 2.24) is 9.97 Å². The zero-order valence-corrected chi connectivity index (χ0v) is 12.3. The molecule has 1 aromatic carbocycles. The molecule has 2 aromatic heterocycles. The number of pyridine rings is 2. The van der Waals surface area contributed by atoms with Crippen LogP contribution >= 0.6 is 11.6 Å². The molecule has 0 spiro atoms. The molecule has 0 radical (unpaired) electrons. The van der Waals surface area contributed by atoms with Crippen LogP contribution in [0.1, 0.15) is 0 Å². The Hall–Kier alpha value is -2.18. The van der Waals surface area contributed by atoms with Crippen molar-refractivity contribution >= 4 is 38.3 Å². The van der Waals surface area contributed by atoms with Gasteiger partial charge in [0.05, 0.1) is 10.5 Å². The van der Waals surface area contributed by atoms with Crippen LogP contribution in [0.5, 0.6) is 0 Å². The highest BCUT2D eigenvalue weighted by Gasteiger charge is 2.18. The summed E-state index contributed by atoms with van der Waals surface area (Å²) in [4.78, 5) is 8.18. The molecule has 0 atom stereocenters. The third kappa shape index (κ3) is 2.81. The van der Waals surface area contributed by atoms with E-state index in [0.717, 1.165) is 5.39 Å². The van der Waals surface area contributed by atoms with Crippen molar-refractivity contribution < 1.29 is 8.42 Å². The lowest BCUT2D eigenvalue weighted by Crippen LogP contribution is -2.14. The van der Waals surface area contributed by atoms with E-state index in [0.29, 0.717) is 10.5 Å². The van der Waals surface area contributed by atoms with E-state index in [-0.39, 0.29) is 10.7 Å². The summed E-state index contributed by atoms with van der Waals surface area (Å²) >= 11 is 5.73. The van der Waals surface area contributed by atoms with E-state index >= 15 is 0 Å². The van der Waals surface area contributed by atoms with Crippen molar-refractivity contribution in [2.45, 2.75) is 4.90 Å². The average molecular weight is 320 g/mol. The summed E-state index contributed by atoms with van der Waals surface area (Å²) in [6.45, 7) is 0. The first-order valence-electron chi connectivity index (χ1n) is 6.04. The van der Waals surface area contributed by atoms with E-state index in [2.05, 4.69) is 14.7 Å². The molecular formula is C14H10ClN3O2S. The van der Waals surface area contributed by atoms with Crippen molar-refractivity contribution in [2.75, 3.05) is 4.72 Å². The van der Waals surface area contributed by atoms with Crippen LogP contribution in [0.25, 0.3) is 10.9 Å². The Kier molecular flexibility index (Phi) is 3.48. The number of sulfonamides is 1. The maximum absolute atomic E-state index is 12.5. The molecule has 3 aromatic rings. The number of anilines is 1. The van der Waals surface area contributed by atoms with Crippen molar-refractivity contribution in [1.29, 1.82) is 0 Å². The van der Waals surface area contributed by atoms with Crippen molar-refractivity contribution in [3.63, 3.8) is 0 Å². The molecule has 1 N–H and O–H groups in total. The van der Waals surface area contributed by atoms with E-state index in [1.54, 1.807) is 24.4 Å². The summed E-state index contributed by atoms with van der Waals surface area (Å²) in [5, 5.41) is 1.19. The fourth-order valence-electron chi connectivity index (χ4n) is 1.92. The van der Waals surface area contributed by atoms with Gasteiger partial charge >= 0.3 is 0 Å². The molecule has 5 nitrogen and oxygen atoms in total. The molecule has 0 bridgehead atoms. The normalized spacial score (nSPS) is 11.5. The summed E-state index contributed by atoms with van der Waals surface area (Å²) < 4.78 is 27.4. The largest absolute Gasteiger partial charge is 0.265 e. The summed E-state index contributed by atoms with van der Waals surface area (Å²) in [7, 11) is -3.77. The zero-order valence-electron chi connectivity index (χ0n) is 10.7. The van der Waals surface area contributed by atoms with Crippen LogP contribution in [0.2, 0.25) is 5.02 Å². The summed E-state index contributed by atoms with van der Waals surface area (Å²) in [5.74, 6) is 0.201. The number of rotatable bonds is 3. The van der Waals surface area contributed by atoms with Crippen LogP contribution in [0.4, 0.5) is 5.82 Å². The molecule has 0 saturated heterocycles. The topological polar surface area (TPSA) is 72.0 Å². The Bertz CT molecular complexity index is 890. The number of aromatic nitrogens is 2.